The highest BCUT2D eigenvalue weighted by molar-refractivity contribution is 4.96. The van der Waals surface area contributed by atoms with Gasteiger partial charge in [0.2, 0.25) is 0 Å². The standard InChI is InChI=1S/C15H30N2/c1-11(2)8-16-9-15(12(3)4)17-10-13-5-6-14(17)7-13/h11-16H,5-10H2,1-4H3. The Morgan fingerprint density at radius 2 is 1.88 bits per heavy atom. The van der Waals surface area contributed by atoms with Gasteiger partial charge in [0.15, 0.2) is 0 Å². The Hall–Kier alpha value is -0.0800. The van der Waals surface area contributed by atoms with Crippen LogP contribution in [0.5, 0.6) is 0 Å². The summed E-state index contributed by atoms with van der Waals surface area (Å²) in [7, 11) is 0. The first kappa shape index (κ1) is 13.4. The molecule has 2 nitrogen and oxygen atoms in total. The highest BCUT2D eigenvalue weighted by atomic mass is 15.2. The first-order valence-corrected chi connectivity index (χ1v) is 7.54. The lowest BCUT2D eigenvalue weighted by atomic mass is 9.99. The van der Waals surface area contributed by atoms with Crippen LogP contribution in [0.25, 0.3) is 0 Å². The maximum atomic E-state index is 3.66. The Balaban J connectivity index is 1.84. The van der Waals surface area contributed by atoms with Gasteiger partial charge in [-0.05, 0) is 43.6 Å². The largest absolute Gasteiger partial charge is 0.315 e. The van der Waals surface area contributed by atoms with Gasteiger partial charge in [0.25, 0.3) is 0 Å². The summed E-state index contributed by atoms with van der Waals surface area (Å²) in [4.78, 5) is 2.81. The molecule has 17 heavy (non-hydrogen) atoms. The summed E-state index contributed by atoms with van der Waals surface area (Å²) in [5.74, 6) is 2.55. The second-order valence-corrected chi connectivity index (χ2v) is 6.89. The third-order valence-corrected chi connectivity index (χ3v) is 4.55. The minimum atomic E-state index is 0.754. The lowest BCUT2D eigenvalue weighted by molar-refractivity contribution is 0.113. The van der Waals surface area contributed by atoms with E-state index < -0.39 is 0 Å². The Kier molecular flexibility index (Phi) is 4.48. The summed E-state index contributed by atoms with van der Waals surface area (Å²) in [6.45, 7) is 13.0. The van der Waals surface area contributed by atoms with Crippen LogP contribution in [-0.2, 0) is 0 Å². The van der Waals surface area contributed by atoms with E-state index in [1.165, 1.54) is 32.4 Å². The summed E-state index contributed by atoms with van der Waals surface area (Å²) < 4.78 is 0. The number of hydrogen-bond donors (Lipinski definition) is 1. The van der Waals surface area contributed by atoms with Gasteiger partial charge in [0.05, 0.1) is 0 Å². The molecule has 1 N–H and O–H groups in total. The molecule has 2 heteroatoms. The smallest absolute Gasteiger partial charge is 0.0246 e. The number of nitrogens with zero attached hydrogens (tertiary/aromatic N) is 1. The van der Waals surface area contributed by atoms with Crippen molar-refractivity contribution in [3.63, 3.8) is 0 Å². The number of fused-ring (bicyclic) bond motifs is 2. The lowest BCUT2D eigenvalue weighted by Crippen LogP contribution is -2.49. The van der Waals surface area contributed by atoms with Gasteiger partial charge in [0, 0.05) is 25.2 Å². The molecule has 3 atom stereocenters. The Morgan fingerprint density at radius 3 is 2.35 bits per heavy atom. The Morgan fingerprint density at radius 1 is 1.12 bits per heavy atom. The van der Waals surface area contributed by atoms with E-state index >= 15 is 0 Å². The summed E-state index contributed by atoms with van der Waals surface area (Å²) in [5.41, 5.74) is 0. The average Bonchev–Trinajstić information content (AvgIpc) is 2.84. The van der Waals surface area contributed by atoms with Gasteiger partial charge in [-0.3, -0.25) is 4.90 Å². The molecule has 2 rings (SSSR count). The molecule has 1 saturated heterocycles. The van der Waals surface area contributed by atoms with Gasteiger partial charge in [0.1, 0.15) is 0 Å². The second-order valence-electron chi connectivity index (χ2n) is 6.89. The topological polar surface area (TPSA) is 15.3 Å². The van der Waals surface area contributed by atoms with E-state index in [9.17, 15) is 0 Å². The molecule has 0 aromatic carbocycles. The van der Waals surface area contributed by atoms with E-state index in [1.54, 1.807) is 0 Å². The molecule has 2 bridgehead atoms. The zero-order chi connectivity index (χ0) is 12.4. The summed E-state index contributed by atoms with van der Waals surface area (Å²) in [5, 5.41) is 3.66. The quantitative estimate of drug-likeness (QED) is 0.765. The fraction of sp³-hybridized carbons (Fsp3) is 1.00. The highest BCUT2D eigenvalue weighted by Crippen LogP contribution is 2.39. The monoisotopic (exact) mass is 238 g/mol. The van der Waals surface area contributed by atoms with Crippen molar-refractivity contribution < 1.29 is 0 Å². The zero-order valence-electron chi connectivity index (χ0n) is 12.1. The summed E-state index contributed by atoms with van der Waals surface area (Å²) >= 11 is 0. The maximum absolute atomic E-state index is 3.66. The molecule has 1 aliphatic carbocycles. The van der Waals surface area contributed by atoms with Crippen molar-refractivity contribution in [2.75, 3.05) is 19.6 Å². The molecule has 1 heterocycles. The van der Waals surface area contributed by atoms with Gasteiger partial charge >= 0.3 is 0 Å². The fourth-order valence-electron chi connectivity index (χ4n) is 3.62. The first-order valence-electron chi connectivity index (χ1n) is 7.54. The van der Waals surface area contributed by atoms with Crippen LogP contribution in [0.1, 0.15) is 47.0 Å². The predicted molar refractivity (Wildman–Crippen MR) is 74.2 cm³/mol. The number of nitrogens with one attached hydrogen (secondary N) is 1. The van der Waals surface area contributed by atoms with Crippen LogP contribution < -0.4 is 5.32 Å². The molecule has 3 unspecified atom stereocenters. The third-order valence-electron chi connectivity index (χ3n) is 4.55. The van der Waals surface area contributed by atoms with Crippen LogP contribution >= 0.6 is 0 Å². The fourth-order valence-corrected chi connectivity index (χ4v) is 3.62. The van der Waals surface area contributed by atoms with Gasteiger partial charge in [-0.2, -0.15) is 0 Å². The van der Waals surface area contributed by atoms with Crippen molar-refractivity contribution >= 4 is 0 Å². The molecule has 0 spiro atoms. The molecule has 0 amide bonds. The maximum Gasteiger partial charge on any atom is 0.0246 e. The van der Waals surface area contributed by atoms with Crippen molar-refractivity contribution in [1.29, 1.82) is 0 Å². The van der Waals surface area contributed by atoms with Crippen LogP contribution in [-0.4, -0.2) is 36.6 Å². The van der Waals surface area contributed by atoms with Crippen molar-refractivity contribution in [2.24, 2.45) is 17.8 Å². The second kappa shape index (κ2) is 5.71. The SMILES string of the molecule is CC(C)CNCC(C(C)C)N1CC2CCC1C2. The van der Waals surface area contributed by atoms with Gasteiger partial charge in [-0.15, -0.1) is 0 Å². The van der Waals surface area contributed by atoms with Crippen molar-refractivity contribution in [3.05, 3.63) is 0 Å². The van der Waals surface area contributed by atoms with Crippen molar-refractivity contribution in [3.8, 4) is 0 Å². The van der Waals surface area contributed by atoms with Crippen LogP contribution in [0.3, 0.4) is 0 Å². The van der Waals surface area contributed by atoms with Crippen LogP contribution in [0.2, 0.25) is 0 Å². The molecule has 2 fully saturated rings. The highest BCUT2D eigenvalue weighted by Gasteiger charge is 2.41. The Labute approximate surface area is 107 Å². The molecule has 1 aliphatic heterocycles. The van der Waals surface area contributed by atoms with Crippen molar-refractivity contribution in [2.45, 2.75) is 59.0 Å². The lowest BCUT2D eigenvalue weighted by Gasteiger charge is -2.37. The average molecular weight is 238 g/mol. The van der Waals surface area contributed by atoms with E-state index in [0.717, 1.165) is 36.4 Å². The first-order chi connectivity index (χ1) is 8.08. The predicted octanol–water partition coefficient (Wildman–Crippen LogP) is 2.74. The minimum absolute atomic E-state index is 0.754. The van der Waals surface area contributed by atoms with E-state index in [1.807, 2.05) is 0 Å². The Bertz CT molecular complexity index is 237. The van der Waals surface area contributed by atoms with Crippen LogP contribution in [0.15, 0.2) is 0 Å². The number of piperidine rings is 1. The molecule has 100 valence electrons. The molecular weight excluding hydrogens is 208 g/mol. The third kappa shape index (κ3) is 3.23. The van der Waals surface area contributed by atoms with Crippen molar-refractivity contribution in [1.82, 2.24) is 10.2 Å². The molecule has 0 aromatic rings. The normalized spacial score (nSPS) is 30.7. The number of hydrogen-bond acceptors (Lipinski definition) is 2. The van der Waals surface area contributed by atoms with Gasteiger partial charge in [-0.25, -0.2) is 0 Å². The van der Waals surface area contributed by atoms with E-state index in [4.69, 9.17) is 0 Å². The van der Waals surface area contributed by atoms with Gasteiger partial charge < -0.3 is 5.32 Å². The molecule has 1 saturated carbocycles. The molecule has 2 aliphatic rings. The zero-order valence-corrected chi connectivity index (χ0v) is 12.1. The van der Waals surface area contributed by atoms with E-state index in [-0.39, 0.29) is 0 Å². The minimum Gasteiger partial charge on any atom is -0.315 e. The molecule has 0 aromatic heterocycles. The van der Waals surface area contributed by atoms with Gasteiger partial charge in [-0.1, -0.05) is 27.7 Å². The van der Waals surface area contributed by atoms with E-state index in [2.05, 4.69) is 37.9 Å². The summed E-state index contributed by atoms with van der Waals surface area (Å²) in [6.07, 6.45) is 4.43. The van der Waals surface area contributed by atoms with E-state index in [0.29, 0.717) is 0 Å². The number of likely N-dealkylation sites (tertiary alicyclic amines) is 1. The van der Waals surface area contributed by atoms with Crippen LogP contribution in [0, 0.1) is 17.8 Å². The number of rotatable bonds is 6. The molecular formula is C15H30N2. The summed E-state index contributed by atoms with van der Waals surface area (Å²) in [6, 6.07) is 1.66. The molecule has 0 radical (unpaired) electrons. The van der Waals surface area contributed by atoms with Crippen LogP contribution in [0.4, 0.5) is 0 Å².